The lowest BCUT2D eigenvalue weighted by Crippen LogP contribution is -2.36. The zero-order chi connectivity index (χ0) is 19.0. The predicted octanol–water partition coefficient (Wildman–Crippen LogP) is 2.42. The zero-order valence-electron chi connectivity index (χ0n) is 15.1. The Morgan fingerprint density at radius 2 is 1.93 bits per heavy atom. The molecule has 27 heavy (non-hydrogen) atoms. The van der Waals surface area contributed by atoms with Crippen LogP contribution in [0.1, 0.15) is 22.3 Å². The van der Waals surface area contributed by atoms with E-state index in [1.807, 2.05) is 24.3 Å². The summed E-state index contributed by atoms with van der Waals surface area (Å²) in [6, 6.07) is 14.6. The number of rotatable bonds is 3. The molecule has 1 fully saturated rings. The summed E-state index contributed by atoms with van der Waals surface area (Å²) in [5.74, 6) is -0.960. The smallest absolute Gasteiger partial charge is 0.337 e. The first-order chi connectivity index (χ1) is 13.1. The number of hydrogen-bond donors (Lipinski definition) is 0. The molecular formula is C21H20N2O4. The van der Waals surface area contributed by atoms with E-state index in [-0.39, 0.29) is 24.2 Å². The monoisotopic (exact) mass is 364 g/mol. The first-order valence-electron chi connectivity index (χ1n) is 8.96. The number of carbonyl (C=O) groups is 3. The third-order valence-electron chi connectivity index (χ3n) is 5.21. The first kappa shape index (κ1) is 17.3. The Balaban J connectivity index is 1.53. The maximum Gasteiger partial charge on any atom is 0.337 e. The lowest BCUT2D eigenvalue weighted by Gasteiger charge is -2.22. The fourth-order valence-electron chi connectivity index (χ4n) is 3.83. The molecule has 6 nitrogen and oxygen atoms in total. The standard InChI is InChI=1S/C21H20N2O4/c1-27-21(26)15-6-4-7-17(11-15)23-13-16(12-19(23)24)20(25)22-10-9-14-5-2-3-8-18(14)22/h2-8,11,16H,9-10,12-13H2,1H3. The van der Waals surface area contributed by atoms with Gasteiger partial charge in [0.05, 0.1) is 18.6 Å². The van der Waals surface area contributed by atoms with Crippen molar-refractivity contribution in [1.29, 1.82) is 0 Å². The summed E-state index contributed by atoms with van der Waals surface area (Å²) in [7, 11) is 1.32. The van der Waals surface area contributed by atoms with E-state index >= 15 is 0 Å². The highest BCUT2D eigenvalue weighted by Gasteiger charge is 2.39. The molecule has 0 N–H and O–H groups in total. The van der Waals surface area contributed by atoms with Gasteiger partial charge in [0, 0.05) is 30.9 Å². The molecule has 1 saturated heterocycles. The number of amides is 2. The van der Waals surface area contributed by atoms with Gasteiger partial charge in [-0.05, 0) is 36.2 Å². The van der Waals surface area contributed by atoms with Crippen molar-refractivity contribution in [2.75, 3.05) is 30.0 Å². The third kappa shape index (κ3) is 3.07. The van der Waals surface area contributed by atoms with Crippen LogP contribution in [-0.2, 0) is 20.7 Å². The molecule has 1 atom stereocenters. The summed E-state index contributed by atoms with van der Waals surface area (Å²) >= 11 is 0. The largest absolute Gasteiger partial charge is 0.465 e. The van der Waals surface area contributed by atoms with Crippen LogP contribution in [0.2, 0.25) is 0 Å². The van der Waals surface area contributed by atoms with Crippen LogP contribution in [0.5, 0.6) is 0 Å². The van der Waals surface area contributed by atoms with Gasteiger partial charge in [-0.25, -0.2) is 4.79 Å². The number of esters is 1. The second-order valence-corrected chi connectivity index (χ2v) is 6.82. The molecule has 0 saturated carbocycles. The SMILES string of the molecule is COC(=O)c1cccc(N2CC(C(=O)N3CCc4ccccc43)CC2=O)c1. The number of nitrogens with zero attached hydrogens (tertiary/aromatic N) is 2. The lowest BCUT2D eigenvalue weighted by atomic mass is 10.1. The first-order valence-corrected chi connectivity index (χ1v) is 8.96. The fraction of sp³-hybridized carbons (Fsp3) is 0.286. The van der Waals surface area contributed by atoms with E-state index < -0.39 is 5.97 Å². The lowest BCUT2D eigenvalue weighted by molar-refractivity contribution is -0.124. The molecule has 2 aliphatic heterocycles. The molecule has 4 rings (SSSR count). The molecule has 6 heteroatoms. The van der Waals surface area contributed by atoms with Crippen LogP contribution in [0, 0.1) is 5.92 Å². The average molecular weight is 364 g/mol. The summed E-state index contributed by atoms with van der Waals surface area (Å²) in [6.07, 6.45) is 1.02. The van der Waals surface area contributed by atoms with Crippen LogP contribution in [0.3, 0.4) is 0 Å². The van der Waals surface area contributed by atoms with Gasteiger partial charge in [-0.3, -0.25) is 9.59 Å². The summed E-state index contributed by atoms with van der Waals surface area (Å²) in [5.41, 5.74) is 3.10. The van der Waals surface area contributed by atoms with Gasteiger partial charge >= 0.3 is 5.97 Å². The summed E-state index contributed by atoms with van der Waals surface area (Å²) < 4.78 is 4.74. The molecule has 0 aliphatic carbocycles. The summed E-state index contributed by atoms with van der Waals surface area (Å²) in [4.78, 5) is 40.7. The van der Waals surface area contributed by atoms with Crippen LogP contribution < -0.4 is 9.80 Å². The van der Waals surface area contributed by atoms with E-state index in [1.54, 1.807) is 34.1 Å². The normalized spacial score (nSPS) is 18.6. The van der Waals surface area contributed by atoms with Crippen molar-refractivity contribution in [1.82, 2.24) is 0 Å². The zero-order valence-corrected chi connectivity index (χ0v) is 15.1. The highest BCUT2D eigenvalue weighted by atomic mass is 16.5. The number of ether oxygens (including phenoxy) is 1. The number of anilines is 2. The predicted molar refractivity (Wildman–Crippen MR) is 101 cm³/mol. The van der Waals surface area contributed by atoms with Crippen LogP contribution in [0.25, 0.3) is 0 Å². The molecule has 0 bridgehead atoms. The highest BCUT2D eigenvalue weighted by Crippen LogP contribution is 2.32. The minimum Gasteiger partial charge on any atom is -0.465 e. The Labute approximate surface area is 157 Å². The van der Waals surface area contributed by atoms with Gasteiger partial charge < -0.3 is 14.5 Å². The Bertz CT molecular complexity index is 924. The molecule has 2 aromatic rings. The molecule has 1 unspecified atom stereocenters. The van der Waals surface area contributed by atoms with E-state index in [9.17, 15) is 14.4 Å². The van der Waals surface area contributed by atoms with Crippen molar-refractivity contribution in [3.05, 3.63) is 59.7 Å². The van der Waals surface area contributed by atoms with Gasteiger partial charge in [-0.1, -0.05) is 24.3 Å². The number of methoxy groups -OCH3 is 1. The number of para-hydroxylation sites is 1. The fourth-order valence-corrected chi connectivity index (χ4v) is 3.83. The molecule has 138 valence electrons. The third-order valence-corrected chi connectivity index (χ3v) is 5.21. The molecule has 2 aromatic carbocycles. The molecule has 2 amide bonds. The topological polar surface area (TPSA) is 66.9 Å². The molecule has 0 radical (unpaired) electrons. The molecule has 0 spiro atoms. The van der Waals surface area contributed by atoms with Crippen LogP contribution >= 0.6 is 0 Å². The van der Waals surface area contributed by atoms with Crippen LogP contribution in [-0.4, -0.2) is 38.0 Å². The minimum atomic E-state index is -0.454. The second kappa shape index (κ2) is 6.87. The van der Waals surface area contributed by atoms with Gasteiger partial charge in [-0.15, -0.1) is 0 Å². The second-order valence-electron chi connectivity index (χ2n) is 6.82. The number of fused-ring (bicyclic) bond motifs is 1. The van der Waals surface area contributed by atoms with Gasteiger partial charge in [0.1, 0.15) is 0 Å². The van der Waals surface area contributed by atoms with Crippen molar-refractivity contribution < 1.29 is 19.1 Å². The molecular weight excluding hydrogens is 344 g/mol. The highest BCUT2D eigenvalue weighted by molar-refractivity contribution is 6.05. The van der Waals surface area contributed by atoms with Crippen molar-refractivity contribution in [2.45, 2.75) is 12.8 Å². The number of carbonyl (C=O) groups excluding carboxylic acids is 3. The van der Waals surface area contributed by atoms with E-state index in [2.05, 4.69) is 0 Å². The van der Waals surface area contributed by atoms with Crippen LogP contribution in [0.4, 0.5) is 11.4 Å². The Hall–Kier alpha value is -3.15. The molecule has 2 heterocycles. The van der Waals surface area contributed by atoms with Crippen molar-refractivity contribution in [3.63, 3.8) is 0 Å². The average Bonchev–Trinajstić information content (AvgIpc) is 3.30. The molecule has 2 aliphatic rings. The van der Waals surface area contributed by atoms with Gasteiger partial charge in [-0.2, -0.15) is 0 Å². The van der Waals surface area contributed by atoms with E-state index in [0.29, 0.717) is 24.3 Å². The van der Waals surface area contributed by atoms with E-state index in [1.165, 1.54) is 7.11 Å². The number of hydrogen-bond acceptors (Lipinski definition) is 4. The quantitative estimate of drug-likeness (QED) is 0.785. The Kier molecular flexibility index (Phi) is 4.39. The minimum absolute atomic E-state index is 0.0140. The van der Waals surface area contributed by atoms with Gasteiger partial charge in [0.2, 0.25) is 11.8 Å². The van der Waals surface area contributed by atoms with E-state index in [0.717, 1.165) is 17.7 Å². The Morgan fingerprint density at radius 3 is 2.74 bits per heavy atom. The van der Waals surface area contributed by atoms with Crippen LogP contribution in [0.15, 0.2) is 48.5 Å². The Morgan fingerprint density at radius 1 is 1.11 bits per heavy atom. The maximum absolute atomic E-state index is 13.0. The summed E-state index contributed by atoms with van der Waals surface area (Å²) in [6.45, 7) is 0.974. The van der Waals surface area contributed by atoms with Crippen molar-refractivity contribution >= 4 is 29.2 Å². The van der Waals surface area contributed by atoms with Gasteiger partial charge in [0.15, 0.2) is 0 Å². The van der Waals surface area contributed by atoms with Crippen molar-refractivity contribution in [2.24, 2.45) is 5.92 Å². The summed E-state index contributed by atoms with van der Waals surface area (Å²) in [5, 5.41) is 0. The van der Waals surface area contributed by atoms with E-state index in [4.69, 9.17) is 4.74 Å². The maximum atomic E-state index is 13.0. The van der Waals surface area contributed by atoms with Crippen molar-refractivity contribution in [3.8, 4) is 0 Å². The van der Waals surface area contributed by atoms with Gasteiger partial charge in [0.25, 0.3) is 0 Å². The molecule has 0 aromatic heterocycles. The number of benzene rings is 2.